The van der Waals surface area contributed by atoms with E-state index >= 15 is 0 Å². The second kappa shape index (κ2) is 12.5. The fourth-order valence-corrected chi connectivity index (χ4v) is 14.5. The normalized spacial score (nSPS) is 40.1. The average molecular weight is 694 g/mol. The van der Waals surface area contributed by atoms with Crippen molar-refractivity contribution < 1.29 is 0 Å². The molecule has 1 aromatic rings. The number of rotatable bonds is 4. The van der Waals surface area contributed by atoms with E-state index < -0.39 is 0 Å². The molecule has 1 aromatic carbocycles. The molecule has 2 aliphatic heterocycles. The summed E-state index contributed by atoms with van der Waals surface area (Å²) in [5.41, 5.74) is 14.5. The van der Waals surface area contributed by atoms with Gasteiger partial charge in [0.1, 0.15) is 0 Å². The van der Waals surface area contributed by atoms with Gasteiger partial charge in [-0.15, -0.1) is 0 Å². The summed E-state index contributed by atoms with van der Waals surface area (Å²) in [5, 5.41) is 12.2. The minimum Gasteiger partial charge on any atom is -0.387 e. The van der Waals surface area contributed by atoms with Crippen LogP contribution >= 0.6 is 0 Å². The summed E-state index contributed by atoms with van der Waals surface area (Å²) in [6, 6.07) is 12.1. The Morgan fingerprint density at radius 3 is 2.40 bits per heavy atom. The van der Waals surface area contributed by atoms with Gasteiger partial charge in [-0.2, -0.15) is 0 Å². The molecule has 2 heterocycles. The fraction of sp³-hybridized carbons (Fsp3) is 0.633. The van der Waals surface area contributed by atoms with Gasteiger partial charge >= 0.3 is 0 Å². The molecule has 3 N–H and O–H groups in total. The SMILES string of the molecule is CC1(C)C2=C(C3=C1C(C1=CC(C4CC(c5ccccc5)NC(C5CCCCC5)N4)=CNC1)CC1CC31)C1C(C=C2)C2CCCC=C2C12CCCCC2. The van der Waals surface area contributed by atoms with Crippen molar-refractivity contribution in [3.05, 3.63) is 105 Å². The molecule has 0 aromatic heterocycles. The van der Waals surface area contributed by atoms with Crippen molar-refractivity contribution in [2.24, 2.45) is 52.3 Å². The van der Waals surface area contributed by atoms with Crippen molar-refractivity contribution in [2.75, 3.05) is 6.54 Å². The van der Waals surface area contributed by atoms with Gasteiger partial charge < -0.3 is 5.32 Å². The number of dihydropyridines is 1. The lowest BCUT2D eigenvalue weighted by atomic mass is 9.59. The molecular formula is C49H63N3. The van der Waals surface area contributed by atoms with Crippen LogP contribution in [0.3, 0.4) is 0 Å². The number of hydrogen-bond acceptors (Lipinski definition) is 3. The Kier molecular flexibility index (Phi) is 7.85. The highest BCUT2D eigenvalue weighted by Crippen LogP contribution is 2.74. The Morgan fingerprint density at radius 2 is 1.56 bits per heavy atom. The second-order valence-corrected chi connectivity index (χ2v) is 19.7. The van der Waals surface area contributed by atoms with E-state index in [1.807, 2.05) is 22.3 Å². The third-order valence-corrected chi connectivity index (χ3v) is 16.8. The molecule has 274 valence electrons. The largest absolute Gasteiger partial charge is 0.387 e. The van der Waals surface area contributed by atoms with Crippen LogP contribution in [0.1, 0.15) is 128 Å². The highest BCUT2D eigenvalue weighted by atomic mass is 15.2. The number of allylic oxidation sites excluding steroid dienone is 8. The van der Waals surface area contributed by atoms with Gasteiger partial charge in [0, 0.05) is 42.1 Å². The van der Waals surface area contributed by atoms with Crippen molar-refractivity contribution in [1.29, 1.82) is 0 Å². The first-order valence-corrected chi connectivity index (χ1v) is 22.1. The predicted molar refractivity (Wildman–Crippen MR) is 213 cm³/mol. The number of fused-ring (bicyclic) bond motifs is 9. The topological polar surface area (TPSA) is 36.1 Å². The van der Waals surface area contributed by atoms with Crippen LogP contribution in [0.15, 0.2) is 99.8 Å². The molecule has 3 heteroatoms. The zero-order chi connectivity index (χ0) is 34.6. The maximum Gasteiger partial charge on any atom is 0.0610 e. The molecule has 0 bridgehead atoms. The van der Waals surface area contributed by atoms with Crippen LogP contribution in [0.4, 0.5) is 0 Å². The first-order chi connectivity index (χ1) is 25.5. The molecule has 52 heavy (non-hydrogen) atoms. The summed E-state index contributed by atoms with van der Waals surface area (Å²) in [5.74, 6) is 5.25. The lowest BCUT2D eigenvalue weighted by molar-refractivity contribution is 0.166. The van der Waals surface area contributed by atoms with Crippen molar-refractivity contribution in [3.63, 3.8) is 0 Å². The number of nitrogens with one attached hydrogen (secondary N) is 3. The van der Waals surface area contributed by atoms with E-state index in [2.05, 4.69) is 90.6 Å². The quantitative estimate of drug-likeness (QED) is 0.275. The molecule has 1 spiro atoms. The van der Waals surface area contributed by atoms with E-state index in [-0.39, 0.29) is 5.41 Å². The van der Waals surface area contributed by atoms with Crippen molar-refractivity contribution in [2.45, 2.75) is 135 Å². The first kappa shape index (κ1) is 32.8. The second-order valence-electron chi connectivity index (χ2n) is 19.7. The molecule has 3 nitrogen and oxygen atoms in total. The van der Waals surface area contributed by atoms with Gasteiger partial charge in [-0.3, -0.25) is 10.6 Å². The first-order valence-electron chi connectivity index (χ1n) is 22.1. The molecule has 0 radical (unpaired) electrons. The van der Waals surface area contributed by atoms with Crippen LogP contribution in [-0.4, -0.2) is 18.8 Å². The Balaban J connectivity index is 0.956. The van der Waals surface area contributed by atoms with Crippen molar-refractivity contribution >= 4 is 0 Å². The van der Waals surface area contributed by atoms with E-state index in [4.69, 9.17) is 0 Å². The number of hydrogen-bond donors (Lipinski definition) is 3. The summed E-state index contributed by atoms with van der Waals surface area (Å²) in [6.45, 7) is 6.28. The summed E-state index contributed by atoms with van der Waals surface area (Å²) in [7, 11) is 0. The average Bonchev–Trinajstić information content (AvgIpc) is 3.89. The lowest BCUT2D eigenvalue weighted by Crippen LogP contribution is -2.59. The lowest BCUT2D eigenvalue weighted by Gasteiger charge is -2.44. The highest BCUT2D eigenvalue weighted by Gasteiger charge is 2.64. The molecule has 8 aliphatic carbocycles. The molecule has 9 unspecified atom stereocenters. The van der Waals surface area contributed by atoms with Gasteiger partial charge in [-0.05, 0) is 138 Å². The predicted octanol–water partition coefficient (Wildman–Crippen LogP) is 10.8. The minimum atomic E-state index is 0.113. The molecule has 9 atom stereocenters. The standard InChI is InChI=1S/C49H63N3/c1-48(2)40-21-20-36-35-18-10-11-19-39(35)49(22-12-5-13-23-49)46(36)44(40)43-37-25-32(37)26-38(45(43)48)33-24-34(29-50-28-33)42-27-41(30-14-6-3-7-15-30)51-47(52-42)31-16-8-4-9-17-31/h3,6-7,14-15,19-21,24,29,31-32,35-38,41-42,46-47,50-52H,4-5,8-13,16-18,22-23,25-28H2,1-2H3. The summed E-state index contributed by atoms with van der Waals surface area (Å²) in [4.78, 5) is 0. The minimum absolute atomic E-state index is 0.113. The van der Waals surface area contributed by atoms with Crippen LogP contribution < -0.4 is 16.0 Å². The monoisotopic (exact) mass is 694 g/mol. The van der Waals surface area contributed by atoms with Crippen LogP contribution in [-0.2, 0) is 0 Å². The molecule has 11 rings (SSSR count). The molecule has 1 saturated heterocycles. The Hall–Kier alpha value is -2.62. The van der Waals surface area contributed by atoms with Gasteiger partial charge in [0.05, 0.1) is 6.17 Å². The molecule has 0 amide bonds. The third kappa shape index (κ3) is 4.96. The van der Waals surface area contributed by atoms with Gasteiger partial charge in [0.15, 0.2) is 0 Å². The van der Waals surface area contributed by atoms with Crippen molar-refractivity contribution in [1.82, 2.24) is 16.0 Å². The van der Waals surface area contributed by atoms with E-state index in [0.29, 0.717) is 29.6 Å². The third-order valence-electron chi connectivity index (χ3n) is 16.8. The zero-order valence-electron chi connectivity index (χ0n) is 32.1. The molecule has 10 aliphatic rings. The van der Waals surface area contributed by atoms with Crippen LogP contribution in [0.5, 0.6) is 0 Å². The van der Waals surface area contributed by atoms with Crippen LogP contribution in [0.25, 0.3) is 0 Å². The summed E-state index contributed by atoms with van der Waals surface area (Å²) >= 11 is 0. The van der Waals surface area contributed by atoms with E-state index in [0.717, 1.165) is 48.5 Å². The Morgan fingerprint density at radius 1 is 0.750 bits per heavy atom. The molecular weight excluding hydrogens is 631 g/mol. The Labute approximate surface area is 314 Å². The van der Waals surface area contributed by atoms with Crippen molar-refractivity contribution in [3.8, 4) is 0 Å². The van der Waals surface area contributed by atoms with Crippen LogP contribution in [0, 0.1) is 52.3 Å². The van der Waals surface area contributed by atoms with Gasteiger partial charge in [-0.25, -0.2) is 0 Å². The van der Waals surface area contributed by atoms with E-state index in [1.165, 1.54) is 107 Å². The molecule has 4 saturated carbocycles. The van der Waals surface area contributed by atoms with Gasteiger partial charge in [0.2, 0.25) is 0 Å². The summed E-state index contributed by atoms with van der Waals surface area (Å²) in [6.07, 6.45) is 35.9. The Bertz CT molecular complexity index is 1790. The zero-order valence-corrected chi connectivity index (χ0v) is 32.1. The van der Waals surface area contributed by atoms with E-state index in [1.54, 1.807) is 11.1 Å². The maximum atomic E-state index is 4.22. The highest BCUT2D eigenvalue weighted by molar-refractivity contribution is 5.66. The van der Waals surface area contributed by atoms with E-state index in [9.17, 15) is 0 Å². The maximum absolute atomic E-state index is 4.22. The number of benzene rings is 1. The molecule has 5 fully saturated rings. The smallest absolute Gasteiger partial charge is 0.0610 e. The fourth-order valence-electron chi connectivity index (χ4n) is 14.5. The van der Waals surface area contributed by atoms with Crippen LogP contribution in [0.2, 0.25) is 0 Å². The van der Waals surface area contributed by atoms with Gasteiger partial charge in [-0.1, -0.05) is 113 Å². The summed E-state index contributed by atoms with van der Waals surface area (Å²) < 4.78 is 0. The van der Waals surface area contributed by atoms with Gasteiger partial charge in [0.25, 0.3) is 0 Å².